The van der Waals surface area contributed by atoms with Crippen LogP contribution in [0.2, 0.25) is 0 Å². The summed E-state index contributed by atoms with van der Waals surface area (Å²) in [5, 5.41) is 0. The fraction of sp³-hybridized carbons (Fsp3) is 0.600. The van der Waals surface area contributed by atoms with Gasteiger partial charge in [-0.1, -0.05) is 0 Å². The van der Waals surface area contributed by atoms with Gasteiger partial charge in [0.1, 0.15) is 0 Å². The van der Waals surface area contributed by atoms with Crippen LogP contribution in [0.1, 0.15) is 18.9 Å². The minimum absolute atomic E-state index is 0.0407. The molecule has 2 aromatic heterocycles. The standard InChI is InChI=1S/C15H24N6O9P2/c16-15-18-13-12(14(23)19-15)17-8-21(13)9-5-10(7-30-2-4-32(27,28)29)20(6-9)11(22)1-3-31(24,25)26/h8-10H,1-7H2,(H2,24,25,26)(H2,27,28,29)(H3,16,18,19,23)/t9-,10-/m1/s1. The highest BCUT2D eigenvalue weighted by Crippen LogP contribution is 2.37. The van der Waals surface area contributed by atoms with E-state index in [4.69, 9.17) is 30.0 Å². The Labute approximate surface area is 180 Å². The average molecular weight is 494 g/mol. The SMILES string of the molecule is Nc1nc2c(ncn2[C@@H]2C[C@H](COCCP(=O)(O)O)N(C(=O)CCP(=O)(O)O)C2)c(=O)[nH]1. The zero-order chi connectivity index (χ0) is 23.7. The fourth-order valence-corrected chi connectivity index (χ4v) is 4.40. The van der Waals surface area contributed by atoms with Crippen molar-refractivity contribution in [2.75, 3.05) is 37.8 Å². The molecule has 0 aromatic carbocycles. The second-order valence-corrected chi connectivity index (χ2v) is 11.0. The van der Waals surface area contributed by atoms with Crippen LogP contribution in [0.15, 0.2) is 11.1 Å². The fourth-order valence-electron chi connectivity index (χ4n) is 3.55. The summed E-state index contributed by atoms with van der Waals surface area (Å²) in [4.78, 5) is 72.6. The lowest BCUT2D eigenvalue weighted by atomic mass is 10.2. The van der Waals surface area contributed by atoms with Crippen molar-refractivity contribution in [2.24, 2.45) is 0 Å². The molecule has 0 unspecified atom stereocenters. The van der Waals surface area contributed by atoms with Gasteiger partial charge in [-0.25, -0.2) is 4.98 Å². The summed E-state index contributed by atoms with van der Waals surface area (Å²) < 4.78 is 29.1. The van der Waals surface area contributed by atoms with Crippen LogP contribution in [0.25, 0.3) is 11.2 Å². The van der Waals surface area contributed by atoms with Gasteiger partial charge in [-0.05, 0) is 6.42 Å². The van der Waals surface area contributed by atoms with Gasteiger partial charge in [0.2, 0.25) is 11.9 Å². The van der Waals surface area contributed by atoms with Crippen LogP contribution in [0.5, 0.6) is 0 Å². The third-order valence-electron chi connectivity index (χ3n) is 5.01. The molecule has 1 aliphatic heterocycles. The van der Waals surface area contributed by atoms with Gasteiger partial charge >= 0.3 is 15.2 Å². The Morgan fingerprint density at radius 1 is 1.25 bits per heavy atom. The predicted octanol–water partition coefficient (Wildman–Crippen LogP) is -1.39. The molecule has 0 aliphatic carbocycles. The zero-order valence-corrected chi connectivity index (χ0v) is 18.6. The summed E-state index contributed by atoms with van der Waals surface area (Å²) >= 11 is 0. The lowest BCUT2D eigenvalue weighted by Crippen LogP contribution is -2.39. The van der Waals surface area contributed by atoms with Crippen LogP contribution in [0, 0.1) is 0 Å². The number of carbonyl (C=O) groups is 1. The van der Waals surface area contributed by atoms with Crippen LogP contribution < -0.4 is 11.3 Å². The van der Waals surface area contributed by atoms with Gasteiger partial charge in [-0.2, -0.15) is 4.98 Å². The lowest BCUT2D eigenvalue weighted by Gasteiger charge is -2.24. The number of aromatic nitrogens is 4. The van der Waals surface area contributed by atoms with Gasteiger partial charge in [0.15, 0.2) is 11.2 Å². The molecule has 1 saturated heterocycles. The monoisotopic (exact) mass is 494 g/mol. The Kier molecular flexibility index (Phi) is 7.20. The van der Waals surface area contributed by atoms with E-state index in [1.165, 1.54) is 11.2 Å². The number of nitrogen functional groups attached to an aromatic ring is 1. The molecule has 178 valence electrons. The van der Waals surface area contributed by atoms with Crippen molar-refractivity contribution in [1.29, 1.82) is 0 Å². The van der Waals surface area contributed by atoms with Gasteiger partial charge in [-0.15, -0.1) is 0 Å². The lowest BCUT2D eigenvalue weighted by molar-refractivity contribution is -0.132. The van der Waals surface area contributed by atoms with E-state index in [1.807, 2.05) is 0 Å². The number of imidazole rings is 1. The van der Waals surface area contributed by atoms with Crippen molar-refractivity contribution < 1.29 is 38.2 Å². The molecule has 0 spiro atoms. The van der Waals surface area contributed by atoms with Gasteiger partial charge < -0.3 is 39.5 Å². The van der Waals surface area contributed by atoms with E-state index in [0.29, 0.717) is 6.42 Å². The van der Waals surface area contributed by atoms with Crippen LogP contribution >= 0.6 is 15.2 Å². The quantitative estimate of drug-likeness (QED) is 0.175. The first-order valence-electron chi connectivity index (χ1n) is 9.53. The third-order valence-corrected chi connectivity index (χ3v) is 6.58. The third kappa shape index (κ3) is 6.23. The Bertz CT molecular complexity index is 1140. The van der Waals surface area contributed by atoms with Crippen molar-refractivity contribution in [3.05, 3.63) is 16.7 Å². The molecular weight excluding hydrogens is 470 g/mol. The van der Waals surface area contributed by atoms with Crippen molar-refractivity contribution in [2.45, 2.75) is 24.9 Å². The first-order chi connectivity index (χ1) is 14.8. The maximum absolute atomic E-state index is 12.7. The molecule has 32 heavy (non-hydrogen) atoms. The zero-order valence-electron chi connectivity index (χ0n) is 16.8. The normalized spacial score (nSPS) is 19.7. The number of nitrogens with one attached hydrogen (secondary N) is 1. The maximum Gasteiger partial charge on any atom is 0.327 e. The van der Waals surface area contributed by atoms with E-state index >= 15 is 0 Å². The first-order valence-corrected chi connectivity index (χ1v) is 13.1. The first kappa shape index (κ1) is 24.5. The number of hydrogen-bond donors (Lipinski definition) is 6. The molecule has 1 amide bonds. The van der Waals surface area contributed by atoms with Gasteiger partial charge in [-0.3, -0.25) is 23.7 Å². The summed E-state index contributed by atoms with van der Waals surface area (Å²) in [6.45, 7) is -0.134. The Hall–Kier alpha value is -2.12. The van der Waals surface area contributed by atoms with E-state index in [9.17, 15) is 18.7 Å². The number of rotatable bonds is 9. The highest BCUT2D eigenvalue weighted by Gasteiger charge is 2.37. The van der Waals surface area contributed by atoms with Crippen molar-refractivity contribution in [1.82, 2.24) is 24.4 Å². The van der Waals surface area contributed by atoms with Gasteiger partial charge in [0.05, 0.1) is 43.9 Å². The van der Waals surface area contributed by atoms with Crippen molar-refractivity contribution in [3.63, 3.8) is 0 Å². The molecule has 7 N–H and O–H groups in total. The number of nitrogens with zero attached hydrogens (tertiary/aromatic N) is 4. The van der Waals surface area contributed by atoms with Gasteiger partial charge in [0.25, 0.3) is 5.56 Å². The Morgan fingerprint density at radius 2 is 1.94 bits per heavy atom. The number of likely N-dealkylation sites (tertiary alicyclic amines) is 1. The Balaban J connectivity index is 1.79. The molecular formula is C15H24N6O9P2. The Morgan fingerprint density at radius 3 is 2.59 bits per heavy atom. The minimum atomic E-state index is -4.37. The molecule has 3 rings (SSSR count). The second-order valence-electron chi connectivity index (χ2n) is 7.47. The van der Waals surface area contributed by atoms with Crippen LogP contribution in [0.4, 0.5) is 5.95 Å². The van der Waals surface area contributed by atoms with E-state index < -0.39 is 45.0 Å². The summed E-state index contributed by atoms with van der Waals surface area (Å²) in [5.41, 5.74) is 5.40. The maximum atomic E-state index is 12.7. The van der Waals surface area contributed by atoms with E-state index in [0.717, 1.165) is 0 Å². The number of hydrogen-bond acceptors (Lipinski definition) is 8. The number of carbonyl (C=O) groups excluding carboxylic acids is 1. The molecule has 3 heterocycles. The molecule has 2 aromatic rings. The van der Waals surface area contributed by atoms with E-state index in [1.54, 1.807) is 4.57 Å². The number of fused-ring (bicyclic) bond motifs is 1. The number of amides is 1. The molecule has 1 fully saturated rings. The second kappa shape index (κ2) is 9.40. The minimum Gasteiger partial charge on any atom is -0.379 e. The molecule has 0 saturated carbocycles. The number of anilines is 1. The summed E-state index contributed by atoms with van der Waals surface area (Å²) in [5.74, 6) is -0.608. The van der Waals surface area contributed by atoms with Crippen LogP contribution in [-0.2, 0) is 18.7 Å². The highest BCUT2D eigenvalue weighted by molar-refractivity contribution is 7.52. The number of nitrogens with two attached hydrogens (primary N) is 1. The predicted molar refractivity (Wildman–Crippen MR) is 111 cm³/mol. The average Bonchev–Trinajstić information content (AvgIpc) is 3.26. The van der Waals surface area contributed by atoms with Crippen molar-refractivity contribution in [3.8, 4) is 0 Å². The van der Waals surface area contributed by atoms with Crippen LogP contribution in [0.3, 0.4) is 0 Å². The summed E-state index contributed by atoms with van der Waals surface area (Å²) in [7, 11) is -8.61. The van der Waals surface area contributed by atoms with E-state index in [2.05, 4.69) is 15.0 Å². The summed E-state index contributed by atoms with van der Waals surface area (Å²) in [6, 6.07) is -0.916. The summed E-state index contributed by atoms with van der Waals surface area (Å²) in [6.07, 6.45) is 0.253. The largest absolute Gasteiger partial charge is 0.379 e. The molecule has 1 aliphatic rings. The number of H-pyrrole nitrogens is 1. The highest BCUT2D eigenvalue weighted by atomic mass is 31.2. The molecule has 2 atom stereocenters. The topological polar surface area (TPSA) is 234 Å². The molecule has 0 bridgehead atoms. The van der Waals surface area contributed by atoms with Gasteiger partial charge in [0, 0.05) is 13.0 Å². The van der Waals surface area contributed by atoms with Crippen molar-refractivity contribution >= 4 is 38.2 Å². The van der Waals surface area contributed by atoms with E-state index in [-0.39, 0.29) is 49.3 Å². The number of ether oxygens (including phenoxy) is 1. The molecule has 0 radical (unpaired) electrons. The molecule has 15 nitrogen and oxygen atoms in total. The number of aromatic amines is 1. The molecule has 17 heteroatoms. The smallest absolute Gasteiger partial charge is 0.327 e. The van der Waals surface area contributed by atoms with Crippen LogP contribution in [-0.4, -0.2) is 88.0 Å².